The standard InChI is InChI=1S/C23H14ClNO5/c24-15-7-9-17-16(11-15)21(26)20(14-6-8-18-19(10-14)29-12-28-18)23(30-17)25-22(27)13-4-2-1-3-5-13/h1-11H,12H2,(H,25,27). The monoisotopic (exact) mass is 419 g/mol. The van der Waals surface area contributed by atoms with Crippen LogP contribution in [0.25, 0.3) is 22.1 Å². The van der Waals surface area contributed by atoms with Gasteiger partial charge in [-0.2, -0.15) is 0 Å². The second-order valence-electron chi connectivity index (χ2n) is 6.66. The van der Waals surface area contributed by atoms with Gasteiger partial charge in [-0.25, -0.2) is 0 Å². The van der Waals surface area contributed by atoms with Crippen LogP contribution in [0.2, 0.25) is 5.02 Å². The minimum atomic E-state index is -0.394. The van der Waals surface area contributed by atoms with Crippen molar-refractivity contribution < 1.29 is 18.7 Å². The maximum absolute atomic E-state index is 13.4. The van der Waals surface area contributed by atoms with Gasteiger partial charge >= 0.3 is 0 Å². The fraction of sp³-hybridized carbons (Fsp3) is 0.0435. The third-order valence-electron chi connectivity index (χ3n) is 4.78. The van der Waals surface area contributed by atoms with Crippen LogP contribution in [0.3, 0.4) is 0 Å². The summed E-state index contributed by atoms with van der Waals surface area (Å²) in [5.74, 6) is 0.747. The van der Waals surface area contributed by atoms with Crippen LogP contribution in [0.15, 0.2) is 75.9 Å². The highest BCUT2D eigenvalue weighted by Crippen LogP contribution is 2.38. The van der Waals surface area contributed by atoms with Crippen LogP contribution in [0.4, 0.5) is 5.88 Å². The summed E-state index contributed by atoms with van der Waals surface area (Å²) in [6.07, 6.45) is 0. The molecule has 5 rings (SSSR count). The number of fused-ring (bicyclic) bond motifs is 2. The number of nitrogens with one attached hydrogen (secondary N) is 1. The SMILES string of the molecule is O=C(Nc1oc2ccc(Cl)cc2c(=O)c1-c1ccc2c(c1)OCO2)c1ccccc1. The molecular formula is C23H14ClNO5. The fourth-order valence-corrected chi connectivity index (χ4v) is 3.51. The van der Waals surface area contributed by atoms with E-state index in [4.69, 9.17) is 25.5 Å². The number of benzene rings is 3. The lowest BCUT2D eigenvalue weighted by Gasteiger charge is -2.12. The number of ether oxygens (including phenoxy) is 2. The first-order chi connectivity index (χ1) is 14.6. The molecule has 1 aromatic heterocycles. The van der Waals surface area contributed by atoms with Crippen molar-refractivity contribution in [1.29, 1.82) is 0 Å². The molecule has 0 bridgehead atoms. The third kappa shape index (κ3) is 3.17. The Morgan fingerprint density at radius 2 is 1.73 bits per heavy atom. The van der Waals surface area contributed by atoms with Crippen LogP contribution >= 0.6 is 11.6 Å². The second-order valence-corrected chi connectivity index (χ2v) is 7.10. The summed E-state index contributed by atoms with van der Waals surface area (Å²) < 4.78 is 16.7. The van der Waals surface area contributed by atoms with Gasteiger partial charge in [0, 0.05) is 10.6 Å². The van der Waals surface area contributed by atoms with Gasteiger partial charge in [-0.05, 0) is 48.0 Å². The van der Waals surface area contributed by atoms with Crippen LogP contribution in [-0.4, -0.2) is 12.7 Å². The Bertz CT molecular complexity index is 1350. The Hall–Kier alpha value is -3.77. The van der Waals surface area contributed by atoms with E-state index < -0.39 is 5.91 Å². The quantitative estimate of drug-likeness (QED) is 0.500. The molecule has 0 fully saturated rings. The summed E-state index contributed by atoms with van der Waals surface area (Å²) in [5, 5.41) is 3.45. The number of anilines is 1. The number of hydrogen-bond acceptors (Lipinski definition) is 5. The van der Waals surface area contributed by atoms with Crippen LogP contribution in [-0.2, 0) is 0 Å². The summed E-state index contributed by atoms with van der Waals surface area (Å²) in [6, 6.07) is 18.5. The molecule has 148 valence electrons. The average molecular weight is 420 g/mol. The molecule has 4 aromatic rings. The molecule has 0 radical (unpaired) electrons. The summed E-state index contributed by atoms with van der Waals surface area (Å²) in [7, 11) is 0. The smallest absolute Gasteiger partial charge is 0.257 e. The van der Waals surface area contributed by atoms with E-state index in [1.54, 1.807) is 60.7 Å². The maximum atomic E-state index is 13.4. The normalized spacial score (nSPS) is 12.2. The third-order valence-corrected chi connectivity index (χ3v) is 5.01. The van der Waals surface area contributed by atoms with Crippen molar-refractivity contribution in [3.05, 3.63) is 87.5 Å². The molecule has 0 spiro atoms. The molecular weight excluding hydrogens is 406 g/mol. The molecule has 1 amide bonds. The van der Waals surface area contributed by atoms with E-state index in [2.05, 4.69) is 5.32 Å². The predicted octanol–water partition coefficient (Wildman–Crippen LogP) is 5.09. The molecule has 6 nitrogen and oxygen atoms in total. The Morgan fingerprint density at radius 1 is 0.933 bits per heavy atom. The van der Waals surface area contributed by atoms with E-state index in [1.165, 1.54) is 0 Å². The fourth-order valence-electron chi connectivity index (χ4n) is 3.33. The largest absolute Gasteiger partial charge is 0.454 e. The molecule has 0 atom stereocenters. The minimum Gasteiger partial charge on any atom is -0.454 e. The van der Waals surface area contributed by atoms with Gasteiger partial charge in [-0.3, -0.25) is 14.9 Å². The molecule has 0 saturated carbocycles. The molecule has 1 aliphatic rings. The van der Waals surface area contributed by atoms with Crippen molar-refractivity contribution in [2.45, 2.75) is 0 Å². The first-order valence-corrected chi connectivity index (χ1v) is 9.51. The van der Waals surface area contributed by atoms with Crippen molar-refractivity contribution in [2.75, 3.05) is 12.1 Å². The zero-order valence-electron chi connectivity index (χ0n) is 15.5. The van der Waals surface area contributed by atoms with Gasteiger partial charge in [0.05, 0.1) is 10.9 Å². The Balaban J connectivity index is 1.70. The van der Waals surface area contributed by atoms with Crippen LogP contribution < -0.4 is 20.2 Å². The number of rotatable bonds is 3. The molecule has 30 heavy (non-hydrogen) atoms. The molecule has 0 unspecified atom stereocenters. The highest BCUT2D eigenvalue weighted by molar-refractivity contribution is 6.31. The molecule has 0 saturated heterocycles. The van der Waals surface area contributed by atoms with E-state index in [-0.39, 0.29) is 23.7 Å². The lowest BCUT2D eigenvalue weighted by molar-refractivity contribution is 0.102. The highest BCUT2D eigenvalue weighted by atomic mass is 35.5. The highest BCUT2D eigenvalue weighted by Gasteiger charge is 2.22. The Labute approximate surface area is 175 Å². The molecule has 1 N–H and O–H groups in total. The molecule has 7 heteroatoms. The second kappa shape index (κ2) is 7.24. The van der Waals surface area contributed by atoms with Gasteiger partial charge in [0.1, 0.15) is 5.58 Å². The Morgan fingerprint density at radius 3 is 2.57 bits per heavy atom. The van der Waals surface area contributed by atoms with Crippen molar-refractivity contribution in [3.8, 4) is 22.6 Å². The zero-order valence-corrected chi connectivity index (χ0v) is 16.2. The van der Waals surface area contributed by atoms with Gasteiger partial charge < -0.3 is 13.9 Å². The van der Waals surface area contributed by atoms with Gasteiger partial charge in [0.2, 0.25) is 18.1 Å². The van der Waals surface area contributed by atoms with Crippen molar-refractivity contribution in [3.63, 3.8) is 0 Å². The first kappa shape index (κ1) is 18.3. The lowest BCUT2D eigenvalue weighted by Crippen LogP contribution is -2.16. The topological polar surface area (TPSA) is 77.8 Å². The van der Waals surface area contributed by atoms with E-state index in [0.29, 0.717) is 38.6 Å². The van der Waals surface area contributed by atoms with E-state index in [1.807, 2.05) is 6.07 Å². The van der Waals surface area contributed by atoms with Crippen molar-refractivity contribution in [1.82, 2.24) is 0 Å². The number of halogens is 1. The molecule has 0 aliphatic carbocycles. The van der Waals surface area contributed by atoms with Gasteiger partial charge in [-0.1, -0.05) is 35.9 Å². The first-order valence-electron chi connectivity index (χ1n) is 9.13. The summed E-state index contributed by atoms with van der Waals surface area (Å²) in [4.78, 5) is 26.1. The predicted molar refractivity (Wildman–Crippen MR) is 113 cm³/mol. The average Bonchev–Trinajstić information content (AvgIpc) is 3.23. The number of hydrogen-bond donors (Lipinski definition) is 1. The molecule has 2 heterocycles. The summed E-state index contributed by atoms with van der Waals surface area (Å²) in [5.41, 5.74) is 1.16. The summed E-state index contributed by atoms with van der Waals surface area (Å²) in [6.45, 7) is 0.109. The van der Waals surface area contributed by atoms with Gasteiger partial charge in [0.15, 0.2) is 11.5 Å². The van der Waals surface area contributed by atoms with E-state index in [9.17, 15) is 9.59 Å². The Kier molecular flexibility index (Phi) is 4.41. The number of carbonyl (C=O) groups is 1. The van der Waals surface area contributed by atoms with Crippen LogP contribution in [0, 0.1) is 0 Å². The molecule has 1 aliphatic heterocycles. The van der Waals surface area contributed by atoms with Crippen molar-refractivity contribution in [2.24, 2.45) is 0 Å². The maximum Gasteiger partial charge on any atom is 0.257 e. The van der Waals surface area contributed by atoms with Gasteiger partial charge in [-0.15, -0.1) is 0 Å². The van der Waals surface area contributed by atoms with Crippen molar-refractivity contribution >= 4 is 34.4 Å². The number of amides is 1. The van der Waals surface area contributed by atoms with Gasteiger partial charge in [0.25, 0.3) is 5.91 Å². The van der Waals surface area contributed by atoms with Crippen LogP contribution in [0.5, 0.6) is 11.5 Å². The summed E-state index contributed by atoms with van der Waals surface area (Å²) >= 11 is 6.08. The van der Waals surface area contributed by atoms with Crippen LogP contribution in [0.1, 0.15) is 10.4 Å². The van der Waals surface area contributed by atoms with E-state index in [0.717, 1.165) is 0 Å². The minimum absolute atomic E-state index is 0.0440. The zero-order chi connectivity index (χ0) is 20.7. The number of carbonyl (C=O) groups excluding carboxylic acids is 1. The lowest BCUT2D eigenvalue weighted by atomic mass is 10.0. The molecule has 3 aromatic carbocycles. The van der Waals surface area contributed by atoms with E-state index >= 15 is 0 Å².